The fraction of sp³-hybridized carbons (Fsp3) is 0.348. The topological polar surface area (TPSA) is 90.7 Å². The van der Waals surface area contributed by atoms with Gasteiger partial charge in [0.2, 0.25) is 11.9 Å². The van der Waals surface area contributed by atoms with Crippen LogP contribution in [0.25, 0.3) is 5.69 Å². The van der Waals surface area contributed by atoms with Crippen molar-refractivity contribution in [3.05, 3.63) is 48.5 Å². The van der Waals surface area contributed by atoms with Gasteiger partial charge in [-0.3, -0.25) is 9.36 Å². The summed E-state index contributed by atoms with van der Waals surface area (Å²) >= 11 is 1.36. The number of rotatable bonds is 8. The molecular weight excluding hydrogens is 442 g/mol. The maximum atomic E-state index is 12.9. The van der Waals surface area contributed by atoms with E-state index < -0.39 is 5.25 Å². The highest BCUT2D eigenvalue weighted by Gasteiger charge is 2.25. The zero-order chi connectivity index (χ0) is 23.2. The van der Waals surface area contributed by atoms with Crippen LogP contribution in [0.3, 0.4) is 0 Å². The lowest BCUT2D eigenvalue weighted by Crippen LogP contribution is -2.37. The van der Waals surface area contributed by atoms with Crippen molar-refractivity contribution in [2.75, 3.05) is 50.7 Å². The third kappa shape index (κ3) is 5.23. The number of aromatic nitrogens is 3. The molecule has 174 valence electrons. The van der Waals surface area contributed by atoms with E-state index >= 15 is 0 Å². The highest BCUT2D eigenvalue weighted by Crippen LogP contribution is 2.32. The van der Waals surface area contributed by atoms with Gasteiger partial charge in [0.15, 0.2) is 16.7 Å². The highest BCUT2D eigenvalue weighted by atomic mass is 32.2. The Morgan fingerprint density at radius 1 is 1.06 bits per heavy atom. The third-order valence-corrected chi connectivity index (χ3v) is 6.27. The van der Waals surface area contributed by atoms with Crippen molar-refractivity contribution in [3.8, 4) is 17.2 Å². The van der Waals surface area contributed by atoms with Crippen LogP contribution in [0.1, 0.15) is 6.92 Å². The van der Waals surface area contributed by atoms with Crippen LogP contribution in [0.15, 0.2) is 53.7 Å². The average molecular weight is 470 g/mol. The number of nitrogens with zero attached hydrogens (tertiary/aromatic N) is 4. The number of nitrogens with one attached hydrogen (secondary N) is 1. The van der Waals surface area contributed by atoms with Gasteiger partial charge >= 0.3 is 0 Å². The second-order valence-electron chi connectivity index (χ2n) is 7.37. The molecule has 1 saturated heterocycles. The molecule has 2 aromatic carbocycles. The van der Waals surface area contributed by atoms with E-state index in [2.05, 4.69) is 20.4 Å². The van der Waals surface area contributed by atoms with Crippen LogP contribution in [-0.4, -0.2) is 66.4 Å². The predicted octanol–water partition coefficient (Wildman–Crippen LogP) is 3.24. The first kappa shape index (κ1) is 22.9. The molecule has 1 N–H and O–H groups in total. The van der Waals surface area contributed by atoms with Crippen molar-refractivity contribution in [1.29, 1.82) is 0 Å². The smallest absolute Gasteiger partial charge is 0.237 e. The molecule has 0 saturated carbocycles. The zero-order valence-corrected chi connectivity index (χ0v) is 19.7. The summed E-state index contributed by atoms with van der Waals surface area (Å²) in [4.78, 5) is 15.1. The van der Waals surface area contributed by atoms with Crippen LogP contribution in [0.5, 0.6) is 11.5 Å². The maximum Gasteiger partial charge on any atom is 0.237 e. The minimum atomic E-state index is -0.415. The molecule has 10 heteroatoms. The molecule has 3 aromatic rings. The molecule has 4 rings (SSSR count). The van der Waals surface area contributed by atoms with Crippen LogP contribution in [0.4, 0.5) is 11.6 Å². The summed E-state index contributed by atoms with van der Waals surface area (Å²) in [6, 6.07) is 15.2. The number of methoxy groups -OCH3 is 2. The van der Waals surface area contributed by atoms with Crippen molar-refractivity contribution >= 4 is 29.3 Å². The van der Waals surface area contributed by atoms with Crippen molar-refractivity contribution in [2.45, 2.75) is 17.3 Å². The number of amides is 1. The second kappa shape index (κ2) is 10.6. The average Bonchev–Trinajstić information content (AvgIpc) is 3.28. The Labute approximate surface area is 197 Å². The number of thioether (sulfide) groups is 1. The van der Waals surface area contributed by atoms with Crippen LogP contribution in [0, 0.1) is 0 Å². The number of carbonyl (C=O) groups excluding carboxylic acids is 1. The highest BCUT2D eigenvalue weighted by molar-refractivity contribution is 8.00. The lowest BCUT2D eigenvalue weighted by Gasteiger charge is -2.28. The van der Waals surface area contributed by atoms with Gasteiger partial charge in [-0.05, 0) is 31.2 Å². The third-order valence-electron chi connectivity index (χ3n) is 5.23. The van der Waals surface area contributed by atoms with E-state index in [4.69, 9.17) is 14.2 Å². The Morgan fingerprint density at radius 3 is 2.48 bits per heavy atom. The van der Waals surface area contributed by atoms with Gasteiger partial charge in [0.25, 0.3) is 0 Å². The molecule has 1 unspecified atom stereocenters. The predicted molar refractivity (Wildman–Crippen MR) is 128 cm³/mol. The molecule has 1 aromatic heterocycles. The standard InChI is InChI=1S/C23H27N5O4S/c1-16(21(29)24-17-9-10-19(30-2)20(15-17)31-3)33-23-26-25-22(27-11-13-32-14-12-27)28(23)18-7-5-4-6-8-18/h4-10,15-16H,11-14H2,1-3H3,(H,24,29). The van der Waals surface area contributed by atoms with E-state index in [0.717, 1.165) is 24.7 Å². The Bertz CT molecular complexity index is 1090. The van der Waals surface area contributed by atoms with E-state index in [9.17, 15) is 4.79 Å². The van der Waals surface area contributed by atoms with E-state index in [1.165, 1.54) is 11.8 Å². The molecule has 0 bridgehead atoms. The maximum absolute atomic E-state index is 12.9. The van der Waals surface area contributed by atoms with Crippen LogP contribution < -0.4 is 19.7 Å². The summed E-state index contributed by atoms with van der Waals surface area (Å²) in [5, 5.41) is 12.1. The van der Waals surface area contributed by atoms with Gasteiger partial charge in [-0.25, -0.2) is 0 Å². The fourth-order valence-electron chi connectivity index (χ4n) is 3.48. The van der Waals surface area contributed by atoms with E-state index in [1.54, 1.807) is 32.4 Å². The summed E-state index contributed by atoms with van der Waals surface area (Å²) in [5.74, 6) is 1.75. The summed E-state index contributed by atoms with van der Waals surface area (Å²) in [5.41, 5.74) is 1.57. The largest absolute Gasteiger partial charge is 0.493 e. The van der Waals surface area contributed by atoms with Crippen LogP contribution in [0.2, 0.25) is 0 Å². The number of carbonyl (C=O) groups is 1. The van der Waals surface area contributed by atoms with E-state index in [1.807, 2.05) is 41.8 Å². The molecule has 0 spiro atoms. The first-order valence-electron chi connectivity index (χ1n) is 10.6. The molecule has 0 radical (unpaired) electrons. The number of para-hydroxylation sites is 1. The first-order valence-corrected chi connectivity index (χ1v) is 11.5. The molecule has 9 nitrogen and oxygen atoms in total. The van der Waals surface area contributed by atoms with Crippen LogP contribution in [-0.2, 0) is 9.53 Å². The first-order chi connectivity index (χ1) is 16.1. The normalized spacial score (nSPS) is 14.6. The Balaban J connectivity index is 1.54. The monoisotopic (exact) mass is 469 g/mol. The zero-order valence-electron chi connectivity index (χ0n) is 18.9. The molecule has 1 atom stereocenters. The van der Waals surface area contributed by atoms with Gasteiger partial charge in [-0.1, -0.05) is 30.0 Å². The number of anilines is 2. The Kier molecular flexibility index (Phi) is 7.36. The van der Waals surface area contributed by atoms with Gasteiger partial charge in [0, 0.05) is 24.8 Å². The van der Waals surface area contributed by atoms with Gasteiger partial charge in [-0.2, -0.15) is 0 Å². The Hall–Kier alpha value is -3.24. The van der Waals surface area contributed by atoms with E-state index in [0.29, 0.717) is 35.6 Å². The summed E-state index contributed by atoms with van der Waals surface area (Å²) in [7, 11) is 3.13. The van der Waals surface area contributed by atoms with Crippen molar-refractivity contribution in [2.24, 2.45) is 0 Å². The summed E-state index contributed by atoms with van der Waals surface area (Å²) < 4.78 is 18.1. The van der Waals surface area contributed by atoms with Gasteiger partial charge in [-0.15, -0.1) is 10.2 Å². The molecule has 1 amide bonds. The fourth-order valence-corrected chi connectivity index (χ4v) is 4.34. The Morgan fingerprint density at radius 2 is 1.79 bits per heavy atom. The summed E-state index contributed by atoms with van der Waals surface area (Å²) in [6.07, 6.45) is 0. The van der Waals surface area contributed by atoms with Crippen molar-refractivity contribution in [1.82, 2.24) is 14.8 Å². The molecule has 1 aliphatic heterocycles. The number of morpholine rings is 1. The molecule has 33 heavy (non-hydrogen) atoms. The SMILES string of the molecule is COc1ccc(NC(=O)C(C)Sc2nnc(N3CCOCC3)n2-c2ccccc2)cc1OC. The minimum absolute atomic E-state index is 0.150. The number of hydrogen-bond donors (Lipinski definition) is 1. The number of ether oxygens (including phenoxy) is 3. The lowest BCUT2D eigenvalue weighted by atomic mass is 10.2. The van der Waals surface area contributed by atoms with Crippen LogP contribution >= 0.6 is 11.8 Å². The molecular formula is C23H27N5O4S. The van der Waals surface area contributed by atoms with Gasteiger partial charge < -0.3 is 24.4 Å². The van der Waals surface area contributed by atoms with Crippen molar-refractivity contribution in [3.63, 3.8) is 0 Å². The van der Waals surface area contributed by atoms with Gasteiger partial charge in [0.1, 0.15) is 0 Å². The lowest BCUT2D eigenvalue weighted by molar-refractivity contribution is -0.115. The second-order valence-corrected chi connectivity index (χ2v) is 8.68. The van der Waals surface area contributed by atoms with Gasteiger partial charge in [0.05, 0.1) is 38.4 Å². The molecule has 0 aliphatic carbocycles. The number of benzene rings is 2. The summed E-state index contributed by atoms with van der Waals surface area (Å²) in [6.45, 7) is 4.62. The number of hydrogen-bond acceptors (Lipinski definition) is 8. The molecule has 1 aliphatic rings. The van der Waals surface area contributed by atoms with E-state index in [-0.39, 0.29) is 5.91 Å². The van der Waals surface area contributed by atoms with Crippen molar-refractivity contribution < 1.29 is 19.0 Å². The molecule has 1 fully saturated rings. The minimum Gasteiger partial charge on any atom is -0.493 e. The quantitative estimate of drug-likeness (QED) is 0.503. The molecule has 2 heterocycles.